The molecule has 0 unspecified atom stereocenters. The summed E-state index contributed by atoms with van der Waals surface area (Å²) in [4.78, 5) is 4.10. The van der Waals surface area contributed by atoms with E-state index in [-0.39, 0.29) is 21.7 Å². The van der Waals surface area contributed by atoms with Gasteiger partial charge >= 0.3 is 0 Å². The van der Waals surface area contributed by atoms with E-state index in [9.17, 15) is 0 Å². The molecule has 0 saturated carbocycles. The van der Waals surface area contributed by atoms with Crippen molar-refractivity contribution in [1.29, 1.82) is 0 Å². The summed E-state index contributed by atoms with van der Waals surface area (Å²) in [6, 6.07) is 0. The number of nitrogens with zero attached hydrogens (tertiary/aromatic N) is 1. The predicted molar refractivity (Wildman–Crippen MR) is 57.4 cm³/mol. The van der Waals surface area contributed by atoms with Crippen molar-refractivity contribution in [2.24, 2.45) is 10.7 Å². The van der Waals surface area contributed by atoms with Crippen molar-refractivity contribution in [3.8, 4) is 0 Å². The Morgan fingerprint density at radius 2 is 2.09 bits per heavy atom. The molecule has 2 nitrogen and oxygen atoms in total. The van der Waals surface area contributed by atoms with Crippen LogP contribution in [-0.2, 0) is 0 Å². The standard InChI is InChI=1S/C7H12N2S.BrH/c1-5-4-7(2,3)10-6(8)9-5;/h4H,1-3H3,(H2,8,9);1H. The average Bonchev–Trinajstić information content (AvgIpc) is 1.54. The molecule has 0 aromatic rings. The third-order valence-electron chi connectivity index (χ3n) is 1.21. The Morgan fingerprint density at radius 3 is 2.45 bits per heavy atom. The molecule has 0 aromatic heterocycles. The van der Waals surface area contributed by atoms with Crippen LogP contribution >= 0.6 is 28.7 Å². The Balaban J connectivity index is 0.000001000. The molecule has 1 aliphatic rings. The quantitative estimate of drug-likeness (QED) is 0.702. The Kier molecular flexibility index (Phi) is 3.64. The van der Waals surface area contributed by atoms with Gasteiger partial charge in [0.05, 0.1) is 0 Å². The van der Waals surface area contributed by atoms with Crippen molar-refractivity contribution in [2.75, 3.05) is 0 Å². The highest BCUT2D eigenvalue weighted by Crippen LogP contribution is 2.30. The minimum Gasteiger partial charge on any atom is -0.378 e. The second kappa shape index (κ2) is 3.63. The van der Waals surface area contributed by atoms with Gasteiger partial charge in [-0.2, -0.15) is 0 Å². The third-order valence-corrected chi connectivity index (χ3v) is 2.16. The minimum atomic E-state index is 0. The number of allylic oxidation sites excluding steroid dienone is 1. The molecular formula is C7H13BrN2S. The lowest BCUT2D eigenvalue weighted by Gasteiger charge is -2.22. The summed E-state index contributed by atoms with van der Waals surface area (Å²) in [5, 5.41) is 0.671. The molecule has 0 aliphatic carbocycles. The first-order chi connectivity index (χ1) is 4.49. The summed E-state index contributed by atoms with van der Waals surface area (Å²) < 4.78 is 0.121. The second-order valence-corrected chi connectivity index (χ2v) is 4.62. The third kappa shape index (κ3) is 3.29. The van der Waals surface area contributed by atoms with Crippen LogP contribution in [0.15, 0.2) is 16.8 Å². The monoisotopic (exact) mass is 236 g/mol. The molecule has 0 spiro atoms. The Morgan fingerprint density at radius 1 is 1.55 bits per heavy atom. The van der Waals surface area contributed by atoms with Gasteiger partial charge in [0.2, 0.25) is 0 Å². The molecule has 2 N–H and O–H groups in total. The van der Waals surface area contributed by atoms with Gasteiger partial charge in [-0.3, -0.25) is 0 Å². The summed E-state index contributed by atoms with van der Waals surface area (Å²) in [7, 11) is 0. The first kappa shape index (κ1) is 11.0. The van der Waals surface area contributed by atoms with Crippen LogP contribution in [-0.4, -0.2) is 9.91 Å². The highest BCUT2D eigenvalue weighted by molar-refractivity contribution is 8.93. The molecule has 0 radical (unpaired) electrons. The van der Waals surface area contributed by atoms with E-state index in [0.717, 1.165) is 5.70 Å². The topological polar surface area (TPSA) is 38.4 Å². The van der Waals surface area contributed by atoms with Crippen LogP contribution in [0.2, 0.25) is 0 Å². The molecule has 1 rings (SSSR count). The van der Waals surface area contributed by atoms with Crippen molar-refractivity contribution in [1.82, 2.24) is 0 Å². The molecule has 1 heterocycles. The van der Waals surface area contributed by atoms with Crippen molar-refractivity contribution in [3.63, 3.8) is 0 Å². The molecule has 0 fully saturated rings. The van der Waals surface area contributed by atoms with Crippen molar-refractivity contribution >= 4 is 33.9 Å². The van der Waals surface area contributed by atoms with E-state index < -0.39 is 0 Å². The number of halogens is 1. The normalized spacial score (nSPS) is 21.4. The Labute approximate surface area is 82.1 Å². The molecule has 64 valence electrons. The van der Waals surface area contributed by atoms with Crippen LogP contribution in [0, 0.1) is 0 Å². The smallest absolute Gasteiger partial charge is 0.159 e. The number of thioether (sulfide) groups is 1. The average molecular weight is 237 g/mol. The summed E-state index contributed by atoms with van der Waals surface area (Å²) in [5.41, 5.74) is 6.59. The van der Waals surface area contributed by atoms with E-state index in [1.165, 1.54) is 0 Å². The van der Waals surface area contributed by atoms with Gasteiger partial charge in [-0.25, -0.2) is 4.99 Å². The lowest BCUT2D eigenvalue weighted by molar-refractivity contribution is 0.884. The van der Waals surface area contributed by atoms with Gasteiger partial charge in [0.1, 0.15) is 0 Å². The zero-order chi connectivity index (χ0) is 7.78. The molecule has 0 saturated heterocycles. The Hall–Kier alpha value is 0.0400. The van der Waals surface area contributed by atoms with Crippen LogP contribution in [0.3, 0.4) is 0 Å². The van der Waals surface area contributed by atoms with Crippen molar-refractivity contribution < 1.29 is 0 Å². The number of nitrogens with two attached hydrogens (primary N) is 1. The number of hydrogen-bond donors (Lipinski definition) is 1. The van der Waals surface area contributed by atoms with E-state index in [1.54, 1.807) is 11.8 Å². The maximum absolute atomic E-state index is 5.57. The van der Waals surface area contributed by atoms with Gasteiger partial charge in [-0.15, -0.1) is 17.0 Å². The zero-order valence-corrected chi connectivity index (χ0v) is 9.45. The number of amidine groups is 1. The van der Waals surface area contributed by atoms with E-state index in [2.05, 4.69) is 24.9 Å². The Bertz CT molecular complexity index is 208. The minimum absolute atomic E-state index is 0. The van der Waals surface area contributed by atoms with Gasteiger partial charge in [0.15, 0.2) is 5.17 Å². The fourth-order valence-electron chi connectivity index (χ4n) is 1.03. The van der Waals surface area contributed by atoms with E-state index in [0.29, 0.717) is 5.17 Å². The maximum Gasteiger partial charge on any atom is 0.159 e. The summed E-state index contributed by atoms with van der Waals surface area (Å²) in [6.45, 7) is 6.22. The van der Waals surface area contributed by atoms with Crippen molar-refractivity contribution in [3.05, 3.63) is 11.8 Å². The molecule has 0 atom stereocenters. The second-order valence-electron chi connectivity index (χ2n) is 2.94. The number of hydrogen-bond acceptors (Lipinski definition) is 3. The fraction of sp³-hybridized carbons (Fsp3) is 0.571. The van der Waals surface area contributed by atoms with Gasteiger partial charge < -0.3 is 5.73 Å². The van der Waals surface area contributed by atoms with Gasteiger partial charge in [-0.1, -0.05) is 11.8 Å². The highest BCUT2D eigenvalue weighted by Gasteiger charge is 2.20. The van der Waals surface area contributed by atoms with Crippen LogP contribution in [0.1, 0.15) is 20.8 Å². The van der Waals surface area contributed by atoms with Gasteiger partial charge in [-0.05, 0) is 26.8 Å². The van der Waals surface area contributed by atoms with Crippen LogP contribution in [0.5, 0.6) is 0 Å². The molecule has 0 aromatic carbocycles. The molecule has 11 heavy (non-hydrogen) atoms. The molecule has 0 bridgehead atoms. The van der Waals surface area contributed by atoms with Crippen LogP contribution < -0.4 is 5.73 Å². The van der Waals surface area contributed by atoms with E-state index >= 15 is 0 Å². The molecule has 0 amide bonds. The largest absolute Gasteiger partial charge is 0.378 e. The first-order valence-electron chi connectivity index (χ1n) is 3.22. The number of aliphatic imine (C=N–C) groups is 1. The fourth-order valence-corrected chi connectivity index (χ4v) is 1.99. The summed E-state index contributed by atoms with van der Waals surface area (Å²) in [5.74, 6) is 0. The lowest BCUT2D eigenvalue weighted by Crippen LogP contribution is -2.22. The van der Waals surface area contributed by atoms with E-state index in [1.807, 2.05) is 6.92 Å². The van der Waals surface area contributed by atoms with Gasteiger partial charge in [0.25, 0.3) is 0 Å². The summed E-state index contributed by atoms with van der Waals surface area (Å²) >= 11 is 1.60. The number of rotatable bonds is 0. The maximum atomic E-state index is 5.57. The summed E-state index contributed by atoms with van der Waals surface area (Å²) in [6.07, 6.45) is 2.12. The molecular weight excluding hydrogens is 224 g/mol. The van der Waals surface area contributed by atoms with Crippen LogP contribution in [0.4, 0.5) is 0 Å². The van der Waals surface area contributed by atoms with E-state index in [4.69, 9.17) is 5.73 Å². The molecule has 1 aliphatic heterocycles. The van der Waals surface area contributed by atoms with Crippen molar-refractivity contribution in [2.45, 2.75) is 25.5 Å². The lowest BCUT2D eigenvalue weighted by atomic mass is 10.2. The predicted octanol–water partition coefficient (Wildman–Crippen LogP) is 2.31. The van der Waals surface area contributed by atoms with Crippen LogP contribution in [0.25, 0.3) is 0 Å². The molecule has 4 heteroatoms. The zero-order valence-electron chi connectivity index (χ0n) is 6.92. The first-order valence-corrected chi connectivity index (χ1v) is 4.04. The van der Waals surface area contributed by atoms with Gasteiger partial charge in [0, 0.05) is 10.4 Å². The highest BCUT2D eigenvalue weighted by atomic mass is 79.9. The SMILES string of the molecule is Br.CC1=CC(C)(C)SC(N)=N1.